The second-order valence-corrected chi connectivity index (χ2v) is 1.84. The zero-order valence-corrected chi connectivity index (χ0v) is 5.93. The fourth-order valence-corrected chi connectivity index (χ4v) is 0.819. The normalized spacial score (nSPS) is 17.2. The van der Waals surface area contributed by atoms with Gasteiger partial charge in [-0.25, -0.2) is 0 Å². The molecule has 0 fully saturated rings. The number of ether oxygens (including phenoxy) is 2. The molecule has 4 heteroatoms. The van der Waals surface area contributed by atoms with E-state index >= 15 is 0 Å². The number of methoxy groups -OCH3 is 2. The molecular formula is C6H9NO3. The molecule has 1 aliphatic rings. The van der Waals surface area contributed by atoms with Crippen LogP contribution >= 0.6 is 0 Å². The summed E-state index contributed by atoms with van der Waals surface area (Å²) in [5.74, 6) is 0.634. The van der Waals surface area contributed by atoms with Crippen LogP contribution in [0.1, 0.15) is 0 Å². The topological polar surface area (TPSA) is 47.6 Å². The Balaban J connectivity index is 2.81. The van der Waals surface area contributed by atoms with Gasteiger partial charge in [-0.15, -0.1) is 0 Å². The van der Waals surface area contributed by atoms with Crippen LogP contribution in [-0.4, -0.2) is 26.7 Å². The van der Waals surface area contributed by atoms with Crippen LogP contribution in [0.5, 0.6) is 0 Å². The lowest BCUT2D eigenvalue weighted by Gasteiger charge is -1.99. The lowest BCUT2D eigenvalue weighted by Crippen LogP contribution is -2.17. The summed E-state index contributed by atoms with van der Waals surface area (Å²) in [4.78, 5) is 10.8. The van der Waals surface area contributed by atoms with Crippen molar-refractivity contribution in [2.24, 2.45) is 0 Å². The summed E-state index contributed by atoms with van der Waals surface area (Å²) < 4.78 is 9.63. The third kappa shape index (κ3) is 0.920. The number of carbonyl (C=O) groups is 1. The molecule has 1 N–H and O–H groups in total. The molecule has 0 aliphatic carbocycles. The van der Waals surface area contributed by atoms with Crippen LogP contribution in [-0.2, 0) is 14.3 Å². The summed E-state index contributed by atoms with van der Waals surface area (Å²) in [6.45, 7) is 0.429. The quantitative estimate of drug-likeness (QED) is 0.573. The monoisotopic (exact) mass is 143 g/mol. The smallest absolute Gasteiger partial charge is 0.290 e. The van der Waals surface area contributed by atoms with E-state index in [4.69, 9.17) is 9.47 Å². The van der Waals surface area contributed by atoms with Crippen LogP contribution in [0.4, 0.5) is 0 Å². The minimum Gasteiger partial charge on any atom is -0.495 e. The van der Waals surface area contributed by atoms with Crippen LogP contribution in [0.15, 0.2) is 11.5 Å². The van der Waals surface area contributed by atoms with Gasteiger partial charge < -0.3 is 14.8 Å². The minimum atomic E-state index is -0.209. The summed E-state index contributed by atoms with van der Waals surface area (Å²) in [5.41, 5.74) is 0. The molecule has 0 bridgehead atoms. The molecule has 56 valence electrons. The fraction of sp³-hybridized carbons (Fsp3) is 0.500. The van der Waals surface area contributed by atoms with Crippen molar-refractivity contribution in [2.75, 3.05) is 20.8 Å². The van der Waals surface area contributed by atoms with Crippen LogP contribution in [0.3, 0.4) is 0 Å². The molecule has 0 saturated carbocycles. The predicted octanol–water partition coefficient (Wildman–Crippen LogP) is -0.379. The molecule has 0 aromatic carbocycles. The highest BCUT2D eigenvalue weighted by atomic mass is 16.5. The Kier molecular flexibility index (Phi) is 1.80. The zero-order valence-electron chi connectivity index (χ0n) is 5.93. The van der Waals surface area contributed by atoms with E-state index in [9.17, 15) is 4.79 Å². The molecule has 10 heavy (non-hydrogen) atoms. The maximum atomic E-state index is 10.8. The van der Waals surface area contributed by atoms with Crippen LogP contribution in [0.25, 0.3) is 0 Å². The molecule has 0 atom stereocenters. The van der Waals surface area contributed by atoms with Crippen molar-refractivity contribution in [1.29, 1.82) is 0 Å². The van der Waals surface area contributed by atoms with Gasteiger partial charge in [-0.1, -0.05) is 0 Å². The molecular weight excluding hydrogens is 134 g/mol. The molecule has 1 heterocycles. The first-order valence-corrected chi connectivity index (χ1v) is 2.89. The number of hydrogen-bond acceptors (Lipinski definition) is 3. The summed E-state index contributed by atoms with van der Waals surface area (Å²) in [7, 11) is 2.95. The number of amides is 1. The Hall–Kier alpha value is -1.19. The molecule has 0 aromatic rings. The van der Waals surface area contributed by atoms with E-state index < -0.39 is 0 Å². The molecule has 1 rings (SSSR count). The van der Waals surface area contributed by atoms with Gasteiger partial charge in [0.05, 0.1) is 20.8 Å². The van der Waals surface area contributed by atoms with Crippen molar-refractivity contribution in [3.63, 3.8) is 0 Å². The van der Waals surface area contributed by atoms with E-state index in [2.05, 4.69) is 5.32 Å². The van der Waals surface area contributed by atoms with Crippen LogP contribution < -0.4 is 5.32 Å². The molecule has 0 spiro atoms. The summed E-state index contributed by atoms with van der Waals surface area (Å²) in [5, 5.41) is 2.56. The highest BCUT2D eigenvalue weighted by Crippen LogP contribution is 2.10. The van der Waals surface area contributed by atoms with Crippen molar-refractivity contribution in [2.45, 2.75) is 0 Å². The van der Waals surface area contributed by atoms with Gasteiger partial charge in [0.25, 0.3) is 5.91 Å². The Labute approximate surface area is 58.8 Å². The molecule has 1 aliphatic heterocycles. The van der Waals surface area contributed by atoms with Gasteiger partial charge in [0.1, 0.15) is 0 Å². The van der Waals surface area contributed by atoms with E-state index in [1.54, 1.807) is 0 Å². The molecule has 1 amide bonds. The molecule has 0 saturated heterocycles. The second kappa shape index (κ2) is 2.60. The minimum absolute atomic E-state index is 0.209. The summed E-state index contributed by atoms with van der Waals surface area (Å²) in [6, 6.07) is 0. The van der Waals surface area contributed by atoms with Gasteiger partial charge >= 0.3 is 0 Å². The number of rotatable bonds is 2. The fourth-order valence-electron chi connectivity index (χ4n) is 0.819. The van der Waals surface area contributed by atoms with Gasteiger partial charge in [0, 0.05) is 0 Å². The maximum absolute atomic E-state index is 10.8. The molecule has 0 radical (unpaired) electrons. The van der Waals surface area contributed by atoms with Crippen molar-refractivity contribution >= 4 is 5.91 Å². The molecule has 0 aromatic heterocycles. The van der Waals surface area contributed by atoms with Gasteiger partial charge in [0.2, 0.25) is 5.76 Å². The summed E-state index contributed by atoms with van der Waals surface area (Å²) in [6.07, 6.45) is 0. The van der Waals surface area contributed by atoms with E-state index in [-0.39, 0.29) is 11.7 Å². The average Bonchev–Trinajstić information content (AvgIpc) is 2.30. The van der Waals surface area contributed by atoms with E-state index in [1.807, 2.05) is 0 Å². The first kappa shape index (κ1) is 6.92. The zero-order chi connectivity index (χ0) is 7.56. The van der Waals surface area contributed by atoms with Gasteiger partial charge in [-0.3, -0.25) is 4.79 Å². The number of carbonyl (C=O) groups excluding carboxylic acids is 1. The highest BCUT2D eigenvalue weighted by molar-refractivity contribution is 5.94. The average molecular weight is 143 g/mol. The van der Waals surface area contributed by atoms with Crippen molar-refractivity contribution < 1.29 is 14.3 Å². The van der Waals surface area contributed by atoms with Crippen LogP contribution in [0.2, 0.25) is 0 Å². The van der Waals surface area contributed by atoms with Crippen molar-refractivity contribution in [3.05, 3.63) is 11.5 Å². The van der Waals surface area contributed by atoms with E-state index in [0.717, 1.165) is 0 Å². The van der Waals surface area contributed by atoms with Crippen molar-refractivity contribution in [1.82, 2.24) is 5.32 Å². The van der Waals surface area contributed by atoms with E-state index in [0.29, 0.717) is 12.3 Å². The van der Waals surface area contributed by atoms with Gasteiger partial charge in [-0.05, 0) is 0 Å². The Morgan fingerprint density at radius 3 is 2.50 bits per heavy atom. The second-order valence-electron chi connectivity index (χ2n) is 1.84. The third-order valence-electron chi connectivity index (χ3n) is 1.32. The van der Waals surface area contributed by atoms with E-state index in [1.165, 1.54) is 14.2 Å². The largest absolute Gasteiger partial charge is 0.495 e. The Morgan fingerprint density at radius 1 is 1.40 bits per heavy atom. The lowest BCUT2D eigenvalue weighted by molar-refractivity contribution is -0.119. The number of nitrogens with one attached hydrogen (secondary N) is 1. The predicted molar refractivity (Wildman–Crippen MR) is 34.1 cm³/mol. The maximum Gasteiger partial charge on any atom is 0.290 e. The number of hydrogen-bond donors (Lipinski definition) is 1. The molecule has 0 unspecified atom stereocenters. The summed E-state index contributed by atoms with van der Waals surface area (Å²) >= 11 is 0. The van der Waals surface area contributed by atoms with Crippen molar-refractivity contribution in [3.8, 4) is 0 Å². The first-order chi connectivity index (χ1) is 4.79. The first-order valence-electron chi connectivity index (χ1n) is 2.89. The van der Waals surface area contributed by atoms with Gasteiger partial charge in [0.15, 0.2) is 5.76 Å². The standard InChI is InChI=1S/C6H9NO3/c1-9-4-3-7-6(8)5(4)10-2/h3H2,1-2H3,(H,7,8). The van der Waals surface area contributed by atoms with Gasteiger partial charge in [-0.2, -0.15) is 0 Å². The van der Waals surface area contributed by atoms with Crippen LogP contribution in [0, 0.1) is 0 Å². The Bertz CT molecular complexity index is 185. The third-order valence-corrected chi connectivity index (χ3v) is 1.32. The molecule has 4 nitrogen and oxygen atoms in total. The Morgan fingerprint density at radius 2 is 2.10 bits per heavy atom. The lowest BCUT2D eigenvalue weighted by atomic mass is 10.4. The SMILES string of the molecule is COC1=C(OC)C(=O)NC1. The highest BCUT2D eigenvalue weighted by Gasteiger charge is 2.23.